The molecule has 1 heterocycles. The highest BCUT2D eigenvalue weighted by atomic mass is 32.2. The highest BCUT2D eigenvalue weighted by Gasteiger charge is 2.63. The molecular formula is C28H25N3O2S. The van der Waals surface area contributed by atoms with Crippen LogP contribution in [0.3, 0.4) is 0 Å². The third-order valence-corrected chi connectivity index (χ3v) is 8.74. The molecule has 0 radical (unpaired) electrons. The van der Waals surface area contributed by atoms with Crippen molar-refractivity contribution in [2.75, 3.05) is 6.54 Å². The van der Waals surface area contributed by atoms with Crippen molar-refractivity contribution in [1.29, 1.82) is 10.5 Å². The van der Waals surface area contributed by atoms with Gasteiger partial charge in [0, 0.05) is 12.0 Å². The Morgan fingerprint density at radius 1 is 0.941 bits per heavy atom. The van der Waals surface area contributed by atoms with Crippen molar-refractivity contribution in [3.63, 3.8) is 0 Å². The molecule has 170 valence electrons. The van der Waals surface area contributed by atoms with Crippen LogP contribution in [-0.4, -0.2) is 19.3 Å². The largest absolute Gasteiger partial charge is 0.243 e. The Morgan fingerprint density at radius 2 is 1.50 bits per heavy atom. The van der Waals surface area contributed by atoms with Gasteiger partial charge in [0.15, 0.2) is 5.41 Å². The van der Waals surface area contributed by atoms with Gasteiger partial charge >= 0.3 is 0 Å². The topological polar surface area (TPSA) is 85.0 Å². The smallest absolute Gasteiger partial charge is 0.207 e. The first-order valence-corrected chi connectivity index (χ1v) is 12.5. The molecule has 0 aliphatic carbocycles. The van der Waals surface area contributed by atoms with Crippen molar-refractivity contribution < 1.29 is 8.42 Å². The van der Waals surface area contributed by atoms with E-state index >= 15 is 0 Å². The van der Waals surface area contributed by atoms with Gasteiger partial charge in [0.2, 0.25) is 10.0 Å². The van der Waals surface area contributed by atoms with E-state index in [1.54, 1.807) is 54.6 Å². The number of aryl methyl sites for hydroxylation is 1. The standard InChI is InChI=1S/C28H25N3O2S/c1-3-27(24-12-8-5-9-13-24)18-19-31(34(32,33)25-16-14-22(2)15-17-25)26(28(27,20-29)21-30)23-10-6-4-7-11-23/h3-17,26H,1,18-19H2,2H3/t26-,27+/m1/s1. The number of benzene rings is 3. The number of nitrogens with zero attached hydrogens (tertiary/aromatic N) is 3. The first-order chi connectivity index (χ1) is 16.4. The molecule has 1 aliphatic heterocycles. The molecule has 0 aromatic heterocycles. The van der Waals surface area contributed by atoms with Crippen molar-refractivity contribution in [2.45, 2.75) is 29.7 Å². The molecule has 0 bridgehead atoms. The molecule has 0 N–H and O–H groups in total. The Balaban J connectivity index is 2.01. The van der Waals surface area contributed by atoms with Gasteiger partial charge in [-0.15, -0.1) is 6.58 Å². The summed E-state index contributed by atoms with van der Waals surface area (Å²) in [5.74, 6) is 0. The lowest BCUT2D eigenvalue weighted by molar-refractivity contribution is 0.0940. The van der Waals surface area contributed by atoms with Crippen LogP contribution in [-0.2, 0) is 15.4 Å². The fourth-order valence-electron chi connectivity index (χ4n) is 5.06. The molecule has 4 rings (SSSR count). The molecule has 1 aliphatic rings. The summed E-state index contributed by atoms with van der Waals surface area (Å²) in [4.78, 5) is 0.134. The van der Waals surface area contributed by atoms with Gasteiger partial charge < -0.3 is 0 Å². The first-order valence-electron chi connectivity index (χ1n) is 11.0. The lowest BCUT2D eigenvalue weighted by Crippen LogP contribution is -2.59. The summed E-state index contributed by atoms with van der Waals surface area (Å²) in [5.41, 5.74) is -0.537. The fraction of sp³-hybridized carbons (Fsp3) is 0.214. The fourth-order valence-corrected chi connectivity index (χ4v) is 6.70. The van der Waals surface area contributed by atoms with E-state index in [0.717, 1.165) is 11.1 Å². The highest BCUT2D eigenvalue weighted by Crippen LogP contribution is 2.58. The van der Waals surface area contributed by atoms with Crippen LogP contribution >= 0.6 is 0 Å². The monoisotopic (exact) mass is 467 g/mol. The van der Waals surface area contributed by atoms with Crippen molar-refractivity contribution >= 4 is 10.0 Å². The molecule has 6 heteroatoms. The van der Waals surface area contributed by atoms with Gasteiger partial charge in [0.05, 0.1) is 23.1 Å². The molecule has 2 atom stereocenters. The highest BCUT2D eigenvalue weighted by molar-refractivity contribution is 7.89. The lowest BCUT2D eigenvalue weighted by atomic mass is 9.53. The molecule has 0 unspecified atom stereocenters. The number of hydrogen-bond donors (Lipinski definition) is 0. The summed E-state index contributed by atoms with van der Waals surface area (Å²) < 4.78 is 29.2. The maximum absolute atomic E-state index is 13.9. The van der Waals surface area contributed by atoms with Crippen LogP contribution in [0.1, 0.15) is 29.2 Å². The van der Waals surface area contributed by atoms with Crippen molar-refractivity contribution in [1.82, 2.24) is 4.31 Å². The molecule has 3 aromatic carbocycles. The van der Waals surface area contributed by atoms with Gasteiger partial charge in [0.1, 0.15) is 0 Å². The summed E-state index contributed by atoms with van der Waals surface area (Å²) in [7, 11) is -4.01. The molecular weight excluding hydrogens is 442 g/mol. The van der Waals surface area contributed by atoms with Gasteiger partial charge in [-0.05, 0) is 36.6 Å². The molecule has 0 amide bonds. The zero-order valence-electron chi connectivity index (χ0n) is 18.9. The Labute approximate surface area is 201 Å². The van der Waals surface area contributed by atoms with Gasteiger partial charge in [-0.3, -0.25) is 0 Å². The van der Waals surface area contributed by atoms with Gasteiger partial charge in [0.25, 0.3) is 0 Å². The number of rotatable bonds is 5. The average Bonchev–Trinajstić information content (AvgIpc) is 2.88. The SMILES string of the molecule is C=C[C@@]1(c2ccccc2)CCN(S(=O)(=O)c2ccc(C)cc2)[C@H](c2ccccc2)C1(C#N)C#N. The molecule has 1 fully saturated rings. The summed E-state index contributed by atoms with van der Waals surface area (Å²) in [5, 5.41) is 21.3. The minimum absolute atomic E-state index is 0.127. The zero-order chi connectivity index (χ0) is 24.4. The van der Waals surface area contributed by atoms with E-state index in [1.165, 1.54) is 4.31 Å². The van der Waals surface area contributed by atoms with Crippen LogP contribution in [0.15, 0.2) is 102 Å². The van der Waals surface area contributed by atoms with E-state index in [9.17, 15) is 18.9 Å². The minimum atomic E-state index is -4.01. The van der Waals surface area contributed by atoms with Crippen molar-refractivity contribution in [3.05, 3.63) is 114 Å². The molecule has 0 spiro atoms. The van der Waals surface area contributed by atoms with E-state index < -0.39 is 26.9 Å². The zero-order valence-corrected chi connectivity index (χ0v) is 19.7. The van der Waals surface area contributed by atoms with Gasteiger partial charge in [-0.25, -0.2) is 8.42 Å². The summed E-state index contributed by atoms with van der Waals surface area (Å²) in [6.45, 7) is 6.05. The van der Waals surface area contributed by atoms with Crippen molar-refractivity contribution in [2.24, 2.45) is 5.41 Å². The molecule has 1 saturated heterocycles. The maximum atomic E-state index is 13.9. The predicted octanol–water partition coefficient (Wildman–Crippen LogP) is 5.29. The summed E-state index contributed by atoms with van der Waals surface area (Å²) in [6.07, 6.45) is 1.90. The van der Waals surface area contributed by atoms with E-state index in [2.05, 4.69) is 18.7 Å². The predicted molar refractivity (Wildman–Crippen MR) is 131 cm³/mol. The van der Waals surface area contributed by atoms with Crippen LogP contribution < -0.4 is 0 Å². The van der Waals surface area contributed by atoms with Crippen LogP contribution in [0.25, 0.3) is 0 Å². The lowest BCUT2D eigenvalue weighted by Gasteiger charge is -2.52. The van der Waals surface area contributed by atoms with E-state index in [1.807, 2.05) is 43.3 Å². The van der Waals surface area contributed by atoms with E-state index in [4.69, 9.17) is 0 Å². The number of nitriles is 2. The third-order valence-electron chi connectivity index (χ3n) is 6.86. The van der Waals surface area contributed by atoms with Crippen molar-refractivity contribution in [3.8, 4) is 12.1 Å². The Bertz CT molecular complexity index is 1360. The molecule has 5 nitrogen and oxygen atoms in total. The van der Waals surface area contributed by atoms with Gasteiger partial charge in [-0.2, -0.15) is 14.8 Å². The van der Waals surface area contributed by atoms with Crippen LogP contribution in [0.2, 0.25) is 0 Å². The normalized spacial score (nSPS) is 22.3. The van der Waals surface area contributed by atoms with E-state index in [0.29, 0.717) is 5.56 Å². The second-order valence-electron chi connectivity index (χ2n) is 8.57. The molecule has 3 aromatic rings. The number of piperidine rings is 1. The third kappa shape index (κ3) is 3.44. The number of hydrogen-bond acceptors (Lipinski definition) is 4. The molecule has 0 saturated carbocycles. The quantitative estimate of drug-likeness (QED) is 0.477. The minimum Gasteiger partial charge on any atom is -0.207 e. The van der Waals surface area contributed by atoms with Crippen LogP contribution in [0.4, 0.5) is 0 Å². The number of sulfonamides is 1. The second kappa shape index (κ2) is 8.91. The Kier molecular flexibility index (Phi) is 6.15. The molecule has 34 heavy (non-hydrogen) atoms. The van der Waals surface area contributed by atoms with Gasteiger partial charge in [-0.1, -0.05) is 84.4 Å². The average molecular weight is 468 g/mol. The van der Waals surface area contributed by atoms with Crippen LogP contribution in [0.5, 0.6) is 0 Å². The summed E-state index contributed by atoms with van der Waals surface area (Å²) in [6, 6.07) is 28.4. The van der Waals surface area contributed by atoms with Crippen LogP contribution in [0, 0.1) is 35.0 Å². The summed E-state index contributed by atoms with van der Waals surface area (Å²) >= 11 is 0. The van der Waals surface area contributed by atoms with E-state index in [-0.39, 0.29) is 17.9 Å². The number of allylic oxidation sites excluding steroid dienone is 1. The Morgan fingerprint density at radius 3 is 2.03 bits per heavy atom. The Hall–Kier alpha value is -3.71. The second-order valence-corrected chi connectivity index (χ2v) is 10.5. The maximum Gasteiger partial charge on any atom is 0.243 e. The first kappa shape index (κ1) is 23.4.